The number of aryl methyl sites for hydroxylation is 1. The number of benzene rings is 1. The lowest BCUT2D eigenvalue weighted by Gasteiger charge is -2.14. The van der Waals surface area contributed by atoms with Crippen molar-refractivity contribution >= 4 is 23.3 Å². The standard InChI is InChI=1S/C15H19ClN4O/c1-11(10-20-12(2)7-8-18-20)9-17-15(21)19-14-5-3-13(16)4-6-14/h3-8,11H,9-10H2,1-2H3,(H2,17,19,21). The average molecular weight is 307 g/mol. The van der Waals surface area contributed by atoms with Crippen molar-refractivity contribution < 1.29 is 4.79 Å². The van der Waals surface area contributed by atoms with Gasteiger partial charge < -0.3 is 10.6 Å². The van der Waals surface area contributed by atoms with E-state index in [9.17, 15) is 4.79 Å². The molecule has 0 bridgehead atoms. The van der Waals surface area contributed by atoms with Crippen LogP contribution in [0.4, 0.5) is 10.5 Å². The molecule has 1 unspecified atom stereocenters. The molecule has 1 heterocycles. The van der Waals surface area contributed by atoms with Gasteiger partial charge in [-0.1, -0.05) is 18.5 Å². The maximum atomic E-state index is 11.8. The van der Waals surface area contributed by atoms with Gasteiger partial charge in [0.1, 0.15) is 0 Å². The fourth-order valence-corrected chi connectivity index (χ4v) is 2.05. The number of amides is 2. The van der Waals surface area contributed by atoms with Crippen LogP contribution in [0.15, 0.2) is 36.5 Å². The second-order valence-corrected chi connectivity index (χ2v) is 5.54. The second kappa shape index (κ2) is 7.13. The van der Waals surface area contributed by atoms with Crippen LogP contribution >= 0.6 is 11.6 Å². The number of carbonyl (C=O) groups is 1. The van der Waals surface area contributed by atoms with Gasteiger partial charge in [0.25, 0.3) is 0 Å². The predicted molar refractivity (Wildman–Crippen MR) is 84.6 cm³/mol. The zero-order valence-electron chi connectivity index (χ0n) is 12.1. The van der Waals surface area contributed by atoms with E-state index in [1.807, 2.05) is 17.7 Å². The zero-order chi connectivity index (χ0) is 15.2. The molecule has 0 aliphatic heterocycles. The number of hydrogen-bond donors (Lipinski definition) is 2. The molecule has 2 N–H and O–H groups in total. The molecule has 1 aromatic heterocycles. The Balaban J connectivity index is 1.75. The molecular weight excluding hydrogens is 288 g/mol. The van der Waals surface area contributed by atoms with Crippen LogP contribution in [-0.4, -0.2) is 22.4 Å². The molecule has 1 aromatic carbocycles. The molecule has 2 rings (SSSR count). The smallest absolute Gasteiger partial charge is 0.319 e. The number of rotatable bonds is 5. The highest BCUT2D eigenvalue weighted by Gasteiger charge is 2.08. The van der Waals surface area contributed by atoms with Crippen LogP contribution in [0.2, 0.25) is 5.02 Å². The molecule has 5 nitrogen and oxygen atoms in total. The summed E-state index contributed by atoms with van der Waals surface area (Å²) in [6.45, 7) is 5.45. The van der Waals surface area contributed by atoms with E-state index in [0.29, 0.717) is 23.2 Å². The van der Waals surface area contributed by atoms with Gasteiger partial charge in [-0.25, -0.2) is 4.79 Å². The summed E-state index contributed by atoms with van der Waals surface area (Å²) >= 11 is 5.79. The summed E-state index contributed by atoms with van der Waals surface area (Å²) < 4.78 is 1.93. The van der Waals surface area contributed by atoms with E-state index in [1.54, 1.807) is 30.5 Å². The van der Waals surface area contributed by atoms with Crippen LogP contribution in [0, 0.1) is 12.8 Å². The van der Waals surface area contributed by atoms with Crippen molar-refractivity contribution in [3.8, 4) is 0 Å². The first-order chi connectivity index (χ1) is 10.0. The fraction of sp³-hybridized carbons (Fsp3) is 0.333. The van der Waals surface area contributed by atoms with E-state index in [1.165, 1.54) is 0 Å². The molecule has 0 aliphatic rings. The molecule has 0 radical (unpaired) electrons. The Labute approximate surface area is 129 Å². The minimum absolute atomic E-state index is 0.221. The number of carbonyl (C=O) groups excluding carboxylic acids is 1. The van der Waals surface area contributed by atoms with Gasteiger partial charge in [-0.3, -0.25) is 4.68 Å². The Morgan fingerprint density at radius 1 is 1.33 bits per heavy atom. The van der Waals surface area contributed by atoms with Crippen molar-refractivity contribution in [3.63, 3.8) is 0 Å². The van der Waals surface area contributed by atoms with Crippen molar-refractivity contribution in [2.75, 3.05) is 11.9 Å². The maximum Gasteiger partial charge on any atom is 0.319 e. The molecule has 0 saturated heterocycles. The molecule has 0 spiro atoms. The number of hydrogen-bond acceptors (Lipinski definition) is 2. The van der Waals surface area contributed by atoms with E-state index >= 15 is 0 Å². The first kappa shape index (κ1) is 15.4. The zero-order valence-corrected chi connectivity index (χ0v) is 12.9. The summed E-state index contributed by atoms with van der Waals surface area (Å²) in [5, 5.41) is 10.5. The van der Waals surface area contributed by atoms with Crippen LogP contribution in [0.3, 0.4) is 0 Å². The number of aromatic nitrogens is 2. The number of halogens is 1. The third-order valence-electron chi connectivity index (χ3n) is 3.13. The molecule has 0 saturated carbocycles. The lowest BCUT2D eigenvalue weighted by atomic mass is 10.2. The summed E-state index contributed by atoms with van der Waals surface area (Å²) in [4.78, 5) is 11.8. The highest BCUT2D eigenvalue weighted by atomic mass is 35.5. The van der Waals surface area contributed by atoms with Crippen LogP contribution in [0.5, 0.6) is 0 Å². The topological polar surface area (TPSA) is 59.0 Å². The fourth-order valence-electron chi connectivity index (χ4n) is 1.93. The molecule has 0 aliphatic carbocycles. The van der Waals surface area contributed by atoms with E-state index in [-0.39, 0.29) is 6.03 Å². The molecule has 21 heavy (non-hydrogen) atoms. The summed E-state index contributed by atoms with van der Waals surface area (Å²) in [5.41, 5.74) is 1.83. The Kier molecular flexibility index (Phi) is 5.22. The van der Waals surface area contributed by atoms with E-state index < -0.39 is 0 Å². The van der Waals surface area contributed by atoms with Gasteiger partial charge in [0.2, 0.25) is 0 Å². The lowest BCUT2D eigenvalue weighted by molar-refractivity contribution is 0.249. The van der Waals surface area contributed by atoms with Crippen LogP contribution in [0.1, 0.15) is 12.6 Å². The van der Waals surface area contributed by atoms with Crippen molar-refractivity contribution in [1.29, 1.82) is 0 Å². The maximum absolute atomic E-state index is 11.8. The van der Waals surface area contributed by atoms with Crippen molar-refractivity contribution in [2.45, 2.75) is 20.4 Å². The van der Waals surface area contributed by atoms with Crippen molar-refractivity contribution in [1.82, 2.24) is 15.1 Å². The minimum atomic E-state index is -0.221. The molecule has 2 amide bonds. The molecule has 0 fully saturated rings. The van der Waals surface area contributed by atoms with Crippen LogP contribution in [0.25, 0.3) is 0 Å². The molecule has 6 heteroatoms. The largest absolute Gasteiger partial charge is 0.338 e. The SMILES string of the molecule is Cc1ccnn1CC(C)CNC(=O)Nc1ccc(Cl)cc1. The van der Waals surface area contributed by atoms with Crippen LogP contribution in [-0.2, 0) is 6.54 Å². The van der Waals surface area contributed by atoms with Gasteiger partial charge in [-0.2, -0.15) is 5.10 Å². The van der Waals surface area contributed by atoms with E-state index in [0.717, 1.165) is 12.2 Å². The highest BCUT2D eigenvalue weighted by Crippen LogP contribution is 2.13. The van der Waals surface area contributed by atoms with E-state index in [2.05, 4.69) is 22.7 Å². The van der Waals surface area contributed by atoms with Gasteiger partial charge in [-0.05, 0) is 43.2 Å². The third-order valence-corrected chi connectivity index (χ3v) is 3.38. The van der Waals surface area contributed by atoms with Gasteiger partial charge in [0, 0.05) is 35.7 Å². The normalized spacial score (nSPS) is 12.0. The number of nitrogens with zero attached hydrogens (tertiary/aromatic N) is 2. The minimum Gasteiger partial charge on any atom is -0.338 e. The van der Waals surface area contributed by atoms with Gasteiger partial charge in [-0.15, -0.1) is 0 Å². The lowest BCUT2D eigenvalue weighted by Crippen LogP contribution is -2.33. The quantitative estimate of drug-likeness (QED) is 0.890. The summed E-state index contributed by atoms with van der Waals surface area (Å²) in [6, 6.07) is 8.74. The van der Waals surface area contributed by atoms with Crippen molar-refractivity contribution in [3.05, 3.63) is 47.2 Å². The van der Waals surface area contributed by atoms with Crippen LogP contribution < -0.4 is 10.6 Å². The Morgan fingerprint density at radius 2 is 2.05 bits per heavy atom. The number of nitrogens with one attached hydrogen (secondary N) is 2. The molecule has 1 atom stereocenters. The first-order valence-electron chi connectivity index (χ1n) is 6.83. The highest BCUT2D eigenvalue weighted by molar-refractivity contribution is 6.30. The number of urea groups is 1. The predicted octanol–water partition coefficient (Wildman–Crippen LogP) is 3.30. The summed E-state index contributed by atoms with van der Waals surface area (Å²) in [7, 11) is 0. The summed E-state index contributed by atoms with van der Waals surface area (Å²) in [6.07, 6.45) is 1.78. The summed E-state index contributed by atoms with van der Waals surface area (Å²) in [5.74, 6) is 0.291. The number of anilines is 1. The van der Waals surface area contributed by atoms with Crippen molar-refractivity contribution in [2.24, 2.45) is 5.92 Å². The Morgan fingerprint density at radius 3 is 2.67 bits per heavy atom. The molecular formula is C15H19ClN4O. The van der Waals surface area contributed by atoms with E-state index in [4.69, 9.17) is 11.6 Å². The second-order valence-electron chi connectivity index (χ2n) is 5.10. The average Bonchev–Trinajstić information content (AvgIpc) is 2.85. The molecule has 2 aromatic rings. The van der Waals surface area contributed by atoms with Gasteiger partial charge in [0.15, 0.2) is 0 Å². The Hall–Kier alpha value is -2.01. The van der Waals surface area contributed by atoms with Gasteiger partial charge >= 0.3 is 6.03 Å². The van der Waals surface area contributed by atoms with Gasteiger partial charge in [0.05, 0.1) is 0 Å². The third kappa shape index (κ3) is 4.79. The Bertz CT molecular complexity index is 594. The molecule has 112 valence electrons. The first-order valence-corrected chi connectivity index (χ1v) is 7.21. The monoisotopic (exact) mass is 306 g/mol.